The third-order valence-corrected chi connectivity index (χ3v) is 12.1. The first-order chi connectivity index (χ1) is 31.6. The topological polar surface area (TPSA) is 276 Å². The summed E-state index contributed by atoms with van der Waals surface area (Å²) in [7, 11) is -10.7. The van der Waals surface area contributed by atoms with Crippen molar-refractivity contribution in [1.82, 2.24) is 0 Å². The van der Waals surface area contributed by atoms with Crippen LogP contribution in [0.1, 0.15) is 161 Å². The van der Waals surface area contributed by atoms with E-state index >= 15 is 0 Å². The van der Waals surface area contributed by atoms with Gasteiger partial charge in [0.05, 0.1) is 6.61 Å². The minimum absolute atomic E-state index is 0.0150. The Hall–Kier alpha value is -2.34. The van der Waals surface area contributed by atoms with Gasteiger partial charge in [-0.2, -0.15) is 0 Å². The first-order valence-corrected chi connectivity index (χ1v) is 27.0. The summed E-state index contributed by atoms with van der Waals surface area (Å²) in [5.41, 5.74) is 0. The van der Waals surface area contributed by atoms with Gasteiger partial charge in [-0.25, -0.2) is 9.13 Å². The van der Waals surface area contributed by atoms with Gasteiger partial charge in [0.15, 0.2) is 6.10 Å². The summed E-state index contributed by atoms with van der Waals surface area (Å²) in [6.45, 7) is 1.05. The first kappa shape index (κ1) is 61.7. The fraction of sp³-hybridized carbons (Fsp3) is 0.745. The van der Waals surface area contributed by atoms with Crippen LogP contribution < -0.4 is 0 Å². The Morgan fingerprint density at radius 3 is 1.48 bits per heavy atom. The second kappa shape index (κ2) is 38.5. The SMILES string of the molecule is CCCCCCCC/C=C\CCCCCCCC(=O)O[C@H](COC(=O)CCC/C=C\C/C=C\C/C=C\C/C=C\CCCCCO)COP(=O)(O)O[C@H]1C(O)C(O)C(O)[C@@H](OP(=O)(O)O)C1O. The lowest BCUT2D eigenvalue weighted by Crippen LogP contribution is -2.64. The summed E-state index contributed by atoms with van der Waals surface area (Å²) in [5, 5.41) is 50.0. The van der Waals surface area contributed by atoms with Crippen LogP contribution in [0, 0.1) is 0 Å². The van der Waals surface area contributed by atoms with E-state index in [1.54, 1.807) is 0 Å². The Bertz CT molecular complexity index is 1510. The van der Waals surface area contributed by atoms with Crippen LogP contribution in [0.2, 0.25) is 0 Å². The number of unbranched alkanes of at least 4 members (excludes halogenated alkanes) is 15. The number of carbonyl (C=O) groups excluding carboxylic acids is 2. The van der Waals surface area contributed by atoms with Crippen molar-refractivity contribution in [3.05, 3.63) is 60.8 Å². The molecule has 382 valence electrons. The minimum atomic E-state index is -5.37. The molecule has 1 fully saturated rings. The molecule has 1 rings (SSSR count). The fourth-order valence-electron chi connectivity index (χ4n) is 6.87. The largest absolute Gasteiger partial charge is 0.472 e. The molecule has 1 aliphatic carbocycles. The number of allylic oxidation sites excluding steroid dienone is 10. The van der Waals surface area contributed by atoms with E-state index in [0.717, 1.165) is 83.5 Å². The fourth-order valence-corrected chi connectivity index (χ4v) is 8.41. The Balaban J connectivity index is 2.63. The van der Waals surface area contributed by atoms with Gasteiger partial charge in [-0.15, -0.1) is 0 Å². The maximum atomic E-state index is 13.0. The maximum Gasteiger partial charge on any atom is 0.472 e. The van der Waals surface area contributed by atoms with Crippen molar-refractivity contribution < 1.29 is 82.0 Å². The third kappa shape index (κ3) is 32.4. The Morgan fingerprint density at radius 2 is 0.955 bits per heavy atom. The molecule has 0 amide bonds. The number of ether oxygens (including phenoxy) is 2. The molecule has 0 spiro atoms. The zero-order chi connectivity index (χ0) is 48.9. The molecule has 66 heavy (non-hydrogen) atoms. The molecular weight excluding hydrogens is 898 g/mol. The highest BCUT2D eigenvalue weighted by Crippen LogP contribution is 2.49. The summed E-state index contributed by atoms with van der Waals surface area (Å²) in [5.74, 6) is -1.30. The molecule has 0 aromatic carbocycles. The van der Waals surface area contributed by atoms with Crippen molar-refractivity contribution in [3.8, 4) is 0 Å². The van der Waals surface area contributed by atoms with E-state index in [2.05, 4.69) is 60.1 Å². The van der Waals surface area contributed by atoms with Gasteiger partial charge in [-0.3, -0.25) is 23.2 Å². The lowest BCUT2D eigenvalue weighted by molar-refractivity contribution is -0.216. The maximum absolute atomic E-state index is 13.0. The van der Waals surface area contributed by atoms with Gasteiger partial charge in [0.1, 0.15) is 43.2 Å². The van der Waals surface area contributed by atoms with Gasteiger partial charge < -0.3 is 49.7 Å². The van der Waals surface area contributed by atoms with E-state index in [4.69, 9.17) is 23.6 Å². The number of carbonyl (C=O) groups is 2. The van der Waals surface area contributed by atoms with E-state index in [1.807, 2.05) is 12.2 Å². The average Bonchev–Trinajstić information content (AvgIpc) is 3.27. The molecule has 17 nitrogen and oxygen atoms in total. The standard InChI is InChI=1S/C47H82O17P2/c1-2-3-4-5-6-7-8-9-13-17-20-23-26-29-32-35-41(50)62-39(38-61-66(58,59)64-47-44(53)42(51)43(52)46(45(47)54)63-65(55,56)57)37-60-40(49)34-31-28-25-22-19-16-14-11-10-12-15-18-21-24-27-30-33-36-48/h9-10,12-14,16,18,21-22,25,39,42-48,51-54H,2-8,11,15,17,19-20,23-24,26-38H2,1H3,(H,58,59)(H2,55,56,57)/b12-10-,13-9-,16-14-,21-18-,25-22-/t39-,42?,43?,44?,45?,46-,47+/m1/s1. The Morgan fingerprint density at radius 1 is 0.515 bits per heavy atom. The van der Waals surface area contributed by atoms with Crippen molar-refractivity contribution in [2.24, 2.45) is 0 Å². The van der Waals surface area contributed by atoms with Crippen molar-refractivity contribution in [2.45, 2.75) is 204 Å². The van der Waals surface area contributed by atoms with E-state index in [9.17, 15) is 53.8 Å². The van der Waals surface area contributed by atoms with E-state index < -0.39 is 83.5 Å². The average molecular weight is 981 g/mol. The monoisotopic (exact) mass is 981 g/mol. The summed E-state index contributed by atoms with van der Waals surface area (Å²) < 4.78 is 49.3. The van der Waals surface area contributed by atoms with Gasteiger partial charge in [-0.05, 0) is 83.5 Å². The van der Waals surface area contributed by atoms with E-state index in [1.165, 1.54) is 38.5 Å². The number of phosphoric ester groups is 2. The molecule has 0 saturated heterocycles. The van der Waals surface area contributed by atoms with Crippen molar-refractivity contribution in [2.75, 3.05) is 19.8 Å². The highest BCUT2D eigenvalue weighted by atomic mass is 31.2. The molecule has 0 aromatic rings. The molecular formula is C47H82O17P2. The molecule has 0 bridgehead atoms. The zero-order valence-electron chi connectivity index (χ0n) is 39.1. The number of hydrogen-bond donors (Lipinski definition) is 8. The van der Waals surface area contributed by atoms with Crippen molar-refractivity contribution >= 4 is 27.6 Å². The molecule has 8 N–H and O–H groups in total. The lowest BCUT2D eigenvalue weighted by atomic mass is 9.85. The van der Waals surface area contributed by atoms with Gasteiger partial charge in [0.25, 0.3) is 0 Å². The van der Waals surface area contributed by atoms with Crippen LogP contribution in [0.5, 0.6) is 0 Å². The van der Waals surface area contributed by atoms with Crippen LogP contribution in [0.3, 0.4) is 0 Å². The van der Waals surface area contributed by atoms with Crippen LogP contribution in [0.4, 0.5) is 0 Å². The summed E-state index contributed by atoms with van der Waals surface area (Å²) in [6.07, 6.45) is 27.7. The Labute approximate surface area is 392 Å². The number of rotatable bonds is 40. The normalized spacial score (nSPS) is 22.0. The van der Waals surface area contributed by atoms with Crippen LogP contribution in [-0.2, 0) is 41.8 Å². The molecule has 0 aliphatic heterocycles. The minimum Gasteiger partial charge on any atom is -0.462 e. The predicted octanol–water partition coefficient (Wildman–Crippen LogP) is 8.03. The van der Waals surface area contributed by atoms with E-state index in [0.29, 0.717) is 19.3 Å². The predicted molar refractivity (Wildman–Crippen MR) is 252 cm³/mol. The van der Waals surface area contributed by atoms with Crippen LogP contribution >= 0.6 is 15.6 Å². The number of phosphoric acid groups is 2. The van der Waals surface area contributed by atoms with Gasteiger partial charge >= 0.3 is 27.6 Å². The van der Waals surface area contributed by atoms with E-state index in [-0.39, 0.29) is 19.4 Å². The number of aliphatic hydroxyl groups is 5. The first-order valence-electron chi connectivity index (χ1n) is 23.9. The Kier molecular flexibility index (Phi) is 36.0. The van der Waals surface area contributed by atoms with Gasteiger partial charge in [0, 0.05) is 19.4 Å². The molecule has 1 saturated carbocycles. The van der Waals surface area contributed by atoms with Crippen molar-refractivity contribution in [3.63, 3.8) is 0 Å². The quantitative estimate of drug-likeness (QED) is 0.0125. The molecule has 5 unspecified atom stereocenters. The van der Waals surface area contributed by atoms with Crippen LogP contribution in [0.15, 0.2) is 60.8 Å². The van der Waals surface area contributed by atoms with Crippen LogP contribution in [0.25, 0.3) is 0 Å². The molecule has 0 heterocycles. The number of hydrogen-bond acceptors (Lipinski definition) is 14. The van der Waals surface area contributed by atoms with Crippen molar-refractivity contribution in [1.29, 1.82) is 0 Å². The molecule has 0 radical (unpaired) electrons. The summed E-state index contributed by atoms with van der Waals surface area (Å²) in [6, 6.07) is 0. The molecule has 19 heteroatoms. The molecule has 8 atom stereocenters. The lowest BCUT2D eigenvalue weighted by Gasteiger charge is -2.43. The second-order valence-corrected chi connectivity index (χ2v) is 19.1. The second-order valence-electron chi connectivity index (χ2n) is 16.5. The molecule has 1 aliphatic rings. The zero-order valence-corrected chi connectivity index (χ0v) is 40.8. The van der Waals surface area contributed by atoms with Gasteiger partial charge in [-0.1, -0.05) is 125 Å². The smallest absolute Gasteiger partial charge is 0.462 e. The highest BCUT2D eigenvalue weighted by Gasteiger charge is 2.54. The summed E-state index contributed by atoms with van der Waals surface area (Å²) in [4.78, 5) is 54.2. The van der Waals surface area contributed by atoms with Gasteiger partial charge in [0.2, 0.25) is 0 Å². The highest BCUT2D eigenvalue weighted by molar-refractivity contribution is 7.47. The number of aliphatic hydroxyl groups excluding tert-OH is 5. The third-order valence-electron chi connectivity index (χ3n) is 10.6. The summed E-state index contributed by atoms with van der Waals surface area (Å²) >= 11 is 0. The molecule has 0 aromatic heterocycles. The number of esters is 2. The van der Waals surface area contributed by atoms with Crippen LogP contribution in [-0.4, -0.2) is 115 Å².